The third kappa shape index (κ3) is 5.50. The molecule has 0 spiro atoms. The number of benzene rings is 1. The molecule has 1 saturated carbocycles. The number of carboxylic acids is 1. The molecule has 1 heterocycles. The van der Waals surface area contributed by atoms with Crippen molar-refractivity contribution >= 4 is 29.2 Å². The zero-order valence-corrected chi connectivity index (χ0v) is 16.5. The minimum atomic E-state index is -0.797. The van der Waals surface area contributed by atoms with Gasteiger partial charge in [-0.25, -0.2) is 4.98 Å². The average molecular weight is 410 g/mol. The summed E-state index contributed by atoms with van der Waals surface area (Å²) >= 11 is 11.9. The summed E-state index contributed by atoms with van der Waals surface area (Å²) in [6.07, 6.45) is 3.66. The second-order valence-corrected chi connectivity index (χ2v) is 7.93. The summed E-state index contributed by atoms with van der Waals surface area (Å²) in [5.74, 6) is 0.310. The van der Waals surface area contributed by atoms with Gasteiger partial charge in [-0.2, -0.15) is 0 Å². The Kier molecular flexibility index (Phi) is 6.12. The second kappa shape index (κ2) is 8.36. The van der Waals surface area contributed by atoms with Crippen molar-refractivity contribution in [2.75, 3.05) is 13.2 Å². The molecule has 1 fully saturated rings. The van der Waals surface area contributed by atoms with E-state index in [1.54, 1.807) is 6.07 Å². The van der Waals surface area contributed by atoms with E-state index in [1.807, 2.05) is 31.2 Å². The summed E-state index contributed by atoms with van der Waals surface area (Å²) < 4.78 is 11.7. The molecule has 27 heavy (non-hydrogen) atoms. The first-order valence-electron chi connectivity index (χ1n) is 8.75. The van der Waals surface area contributed by atoms with Crippen molar-refractivity contribution in [2.45, 2.75) is 32.1 Å². The molecule has 1 aromatic carbocycles. The highest BCUT2D eigenvalue weighted by atomic mass is 35.5. The molecule has 0 radical (unpaired) electrons. The standard InChI is InChI=1S/C20H21Cl2NO4/c1-13(8-18(24)25)14-2-4-16(5-3-14)26-11-20(6-7-20)12-27-19-17(22)9-15(21)10-23-19/h2-5,9-10,13H,6-8,11-12H2,1H3,(H,24,25). The molecule has 1 aliphatic rings. The van der Waals surface area contributed by atoms with Gasteiger partial charge >= 0.3 is 5.97 Å². The lowest BCUT2D eigenvalue weighted by Crippen LogP contribution is -2.21. The number of rotatable bonds is 9. The molecule has 1 aliphatic carbocycles. The summed E-state index contributed by atoms with van der Waals surface area (Å²) in [6.45, 7) is 2.92. The van der Waals surface area contributed by atoms with Gasteiger partial charge in [-0.1, -0.05) is 42.3 Å². The Labute approximate surface area is 168 Å². The molecular weight excluding hydrogens is 389 g/mol. The first kappa shape index (κ1) is 19.8. The Morgan fingerprint density at radius 3 is 2.48 bits per heavy atom. The molecule has 0 aliphatic heterocycles. The number of halogens is 2. The quantitative estimate of drug-likeness (QED) is 0.615. The van der Waals surface area contributed by atoms with E-state index >= 15 is 0 Å². The fraction of sp³-hybridized carbons (Fsp3) is 0.400. The van der Waals surface area contributed by atoms with Gasteiger partial charge in [0.25, 0.3) is 0 Å². The average Bonchev–Trinajstić information content (AvgIpc) is 3.39. The van der Waals surface area contributed by atoms with Gasteiger partial charge in [-0.15, -0.1) is 0 Å². The first-order valence-corrected chi connectivity index (χ1v) is 9.51. The highest BCUT2D eigenvalue weighted by Crippen LogP contribution is 2.46. The zero-order valence-electron chi connectivity index (χ0n) is 15.0. The lowest BCUT2D eigenvalue weighted by Gasteiger charge is -2.18. The van der Waals surface area contributed by atoms with Crippen LogP contribution in [-0.4, -0.2) is 29.3 Å². The van der Waals surface area contributed by atoms with Crippen LogP contribution in [0.4, 0.5) is 0 Å². The molecule has 0 saturated heterocycles. The van der Waals surface area contributed by atoms with E-state index in [2.05, 4.69) is 4.98 Å². The molecule has 0 amide bonds. The van der Waals surface area contributed by atoms with Crippen molar-refractivity contribution < 1.29 is 19.4 Å². The Hall–Kier alpha value is -1.98. The monoisotopic (exact) mass is 409 g/mol. The third-order valence-corrected chi connectivity index (χ3v) is 5.20. The fourth-order valence-electron chi connectivity index (χ4n) is 2.75. The van der Waals surface area contributed by atoms with Gasteiger partial charge in [0.15, 0.2) is 0 Å². The van der Waals surface area contributed by atoms with E-state index in [0.29, 0.717) is 29.1 Å². The number of carboxylic acid groups (broad SMARTS) is 1. The summed E-state index contributed by atoms with van der Waals surface area (Å²) in [6, 6.07) is 9.19. The Bertz CT molecular complexity index is 806. The minimum absolute atomic E-state index is 0.0279. The second-order valence-electron chi connectivity index (χ2n) is 7.09. The number of ether oxygens (including phenoxy) is 2. The smallest absolute Gasteiger partial charge is 0.303 e. The van der Waals surface area contributed by atoms with E-state index < -0.39 is 5.97 Å². The predicted octanol–water partition coefficient (Wildman–Crippen LogP) is 5.20. The molecule has 1 unspecified atom stereocenters. The molecule has 1 N–H and O–H groups in total. The van der Waals surface area contributed by atoms with Gasteiger partial charge < -0.3 is 14.6 Å². The van der Waals surface area contributed by atoms with E-state index in [9.17, 15) is 4.79 Å². The van der Waals surface area contributed by atoms with Crippen LogP contribution in [-0.2, 0) is 4.79 Å². The van der Waals surface area contributed by atoms with Crippen LogP contribution >= 0.6 is 23.2 Å². The SMILES string of the molecule is CC(CC(=O)O)c1ccc(OCC2(COc3ncc(Cl)cc3Cl)CC2)cc1. The zero-order chi connectivity index (χ0) is 19.4. The summed E-state index contributed by atoms with van der Waals surface area (Å²) in [4.78, 5) is 14.9. The van der Waals surface area contributed by atoms with Gasteiger partial charge in [0.2, 0.25) is 5.88 Å². The van der Waals surface area contributed by atoms with Crippen LogP contribution in [0.5, 0.6) is 11.6 Å². The van der Waals surface area contributed by atoms with Crippen LogP contribution in [0.25, 0.3) is 0 Å². The molecule has 7 heteroatoms. The van der Waals surface area contributed by atoms with Crippen LogP contribution in [0, 0.1) is 5.41 Å². The van der Waals surface area contributed by atoms with Crippen molar-refractivity contribution in [3.05, 3.63) is 52.1 Å². The topological polar surface area (TPSA) is 68.7 Å². The van der Waals surface area contributed by atoms with Gasteiger partial charge in [0.05, 0.1) is 24.7 Å². The summed E-state index contributed by atoms with van der Waals surface area (Å²) in [5.41, 5.74) is 0.956. The number of hydrogen-bond acceptors (Lipinski definition) is 4. The lowest BCUT2D eigenvalue weighted by molar-refractivity contribution is -0.137. The number of pyridine rings is 1. The highest BCUT2D eigenvalue weighted by molar-refractivity contribution is 6.35. The maximum Gasteiger partial charge on any atom is 0.303 e. The summed E-state index contributed by atoms with van der Waals surface area (Å²) in [5, 5.41) is 9.75. The molecule has 2 aromatic rings. The van der Waals surface area contributed by atoms with Crippen LogP contribution in [0.15, 0.2) is 36.5 Å². The van der Waals surface area contributed by atoms with E-state index in [1.165, 1.54) is 6.20 Å². The van der Waals surface area contributed by atoms with E-state index in [0.717, 1.165) is 24.2 Å². The minimum Gasteiger partial charge on any atom is -0.493 e. The van der Waals surface area contributed by atoms with Gasteiger partial charge in [0, 0.05) is 11.6 Å². The number of aliphatic carboxylic acids is 1. The maximum absolute atomic E-state index is 10.8. The van der Waals surface area contributed by atoms with Crippen molar-refractivity contribution in [1.82, 2.24) is 4.98 Å². The van der Waals surface area contributed by atoms with E-state index in [4.69, 9.17) is 37.8 Å². The van der Waals surface area contributed by atoms with Crippen molar-refractivity contribution in [2.24, 2.45) is 5.41 Å². The predicted molar refractivity (Wildman–Crippen MR) is 104 cm³/mol. The Morgan fingerprint density at radius 2 is 1.89 bits per heavy atom. The molecule has 3 rings (SSSR count). The molecular formula is C20H21Cl2NO4. The van der Waals surface area contributed by atoms with Crippen molar-refractivity contribution in [1.29, 1.82) is 0 Å². The lowest BCUT2D eigenvalue weighted by atomic mass is 9.98. The maximum atomic E-state index is 10.8. The van der Waals surface area contributed by atoms with E-state index in [-0.39, 0.29) is 17.8 Å². The Morgan fingerprint density at radius 1 is 1.22 bits per heavy atom. The van der Waals surface area contributed by atoms with Crippen LogP contribution in [0.3, 0.4) is 0 Å². The van der Waals surface area contributed by atoms with Crippen LogP contribution in [0.1, 0.15) is 37.7 Å². The van der Waals surface area contributed by atoms with Crippen LogP contribution < -0.4 is 9.47 Å². The van der Waals surface area contributed by atoms with Gasteiger partial charge in [-0.05, 0) is 42.5 Å². The summed E-state index contributed by atoms with van der Waals surface area (Å²) in [7, 11) is 0. The van der Waals surface area contributed by atoms with Crippen molar-refractivity contribution in [3.8, 4) is 11.6 Å². The number of nitrogens with zero attached hydrogens (tertiary/aromatic N) is 1. The first-order chi connectivity index (χ1) is 12.9. The van der Waals surface area contributed by atoms with Crippen LogP contribution in [0.2, 0.25) is 10.0 Å². The normalized spacial score (nSPS) is 15.8. The molecule has 1 aromatic heterocycles. The largest absolute Gasteiger partial charge is 0.493 e. The number of aromatic nitrogens is 1. The van der Waals surface area contributed by atoms with Crippen molar-refractivity contribution in [3.63, 3.8) is 0 Å². The molecule has 5 nitrogen and oxygen atoms in total. The highest BCUT2D eigenvalue weighted by Gasteiger charge is 2.44. The molecule has 1 atom stereocenters. The Balaban J connectivity index is 1.51. The third-order valence-electron chi connectivity index (χ3n) is 4.72. The van der Waals surface area contributed by atoms with Gasteiger partial charge in [-0.3, -0.25) is 4.79 Å². The van der Waals surface area contributed by atoms with Gasteiger partial charge in [0.1, 0.15) is 10.8 Å². The fourth-order valence-corrected chi connectivity index (χ4v) is 3.18. The molecule has 144 valence electrons. The number of hydrogen-bond donors (Lipinski definition) is 1. The number of carbonyl (C=O) groups is 1. The molecule has 0 bridgehead atoms.